The molecule has 3 amide bonds. The van der Waals surface area contributed by atoms with Crippen LogP contribution >= 0.6 is 15.9 Å². The van der Waals surface area contributed by atoms with Gasteiger partial charge in [0, 0.05) is 11.6 Å². The topological polar surface area (TPSA) is 66.5 Å². The van der Waals surface area contributed by atoms with E-state index in [0.29, 0.717) is 0 Å². The van der Waals surface area contributed by atoms with Gasteiger partial charge < -0.3 is 5.32 Å². The van der Waals surface area contributed by atoms with Crippen LogP contribution in [-0.2, 0) is 24.9 Å². The van der Waals surface area contributed by atoms with E-state index in [9.17, 15) is 27.6 Å². The zero-order valence-corrected chi connectivity index (χ0v) is 20.1. The van der Waals surface area contributed by atoms with Crippen LogP contribution in [0.2, 0.25) is 0 Å². The predicted molar refractivity (Wildman–Crippen MR) is 128 cm³/mol. The van der Waals surface area contributed by atoms with Gasteiger partial charge in [-0.25, -0.2) is 0 Å². The Labute approximate surface area is 212 Å². The van der Waals surface area contributed by atoms with Gasteiger partial charge in [-0.3, -0.25) is 19.3 Å². The minimum Gasteiger partial charge on any atom is -0.325 e. The summed E-state index contributed by atoms with van der Waals surface area (Å²) in [5, 5.41) is 2.39. The van der Waals surface area contributed by atoms with Gasteiger partial charge in [-0.05, 0) is 40.5 Å². The second kappa shape index (κ2) is 7.77. The number of anilines is 1. The maximum atomic E-state index is 13.7. The van der Waals surface area contributed by atoms with Crippen molar-refractivity contribution < 1.29 is 27.6 Å². The van der Waals surface area contributed by atoms with Gasteiger partial charge in [0.05, 0.1) is 21.7 Å². The van der Waals surface area contributed by atoms with Gasteiger partial charge in [0.15, 0.2) is 0 Å². The molecule has 1 heterocycles. The molecular formula is C27H18BrF3N2O3. The molecule has 2 atom stereocenters. The van der Waals surface area contributed by atoms with Crippen molar-refractivity contribution in [3.05, 3.63) is 101 Å². The number of carbonyl (C=O) groups excluding carboxylic acids is 3. The molecule has 3 aromatic rings. The number of nitrogens with zero attached hydrogens (tertiary/aromatic N) is 1. The molecule has 0 spiro atoms. The fourth-order valence-electron chi connectivity index (χ4n) is 6.01. The summed E-state index contributed by atoms with van der Waals surface area (Å²) >= 11 is 3.87. The number of hydrogen-bond donors (Lipinski definition) is 1. The lowest BCUT2D eigenvalue weighted by molar-refractivity contribution is -0.142. The molecule has 7 rings (SSSR count). The summed E-state index contributed by atoms with van der Waals surface area (Å²) in [5.41, 5.74) is 2.80. The Hall–Kier alpha value is -3.46. The molecular weight excluding hydrogens is 537 g/mol. The molecule has 182 valence electrons. The Morgan fingerprint density at radius 2 is 1.53 bits per heavy atom. The number of likely N-dealkylation sites (tertiary alicyclic amines) is 1. The zero-order chi connectivity index (χ0) is 25.4. The van der Waals surface area contributed by atoms with Crippen LogP contribution in [0.3, 0.4) is 0 Å². The summed E-state index contributed by atoms with van der Waals surface area (Å²) in [6, 6.07) is 19.6. The van der Waals surface area contributed by atoms with Crippen LogP contribution in [0.15, 0.2) is 72.8 Å². The van der Waals surface area contributed by atoms with Crippen LogP contribution in [0.1, 0.15) is 33.7 Å². The fourth-order valence-corrected chi connectivity index (χ4v) is 7.21. The van der Waals surface area contributed by atoms with Crippen LogP contribution in [-0.4, -0.2) is 29.2 Å². The van der Waals surface area contributed by atoms with Crippen LogP contribution in [0.5, 0.6) is 0 Å². The van der Waals surface area contributed by atoms with Crippen LogP contribution in [0.4, 0.5) is 18.9 Å². The summed E-state index contributed by atoms with van der Waals surface area (Å²) < 4.78 is 38.2. The van der Waals surface area contributed by atoms with Gasteiger partial charge in [0.2, 0.25) is 17.7 Å². The monoisotopic (exact) mass is 554 g/mol. The number of imide groups is 1. The summed E-state index contributed by atoms with van der Waals surface area (Å²) in [6.07, 6.45) is -4.56. The molecule has 5 nitrogen and oxygen atoms in total. The van der Waals surface area contributed by atoms with Crippen molar-refractivity contribution in [2.24, 2.45) is 11.8 Å². The predicted octanol–water partition coefficient (Wildman–Crippen LogP) is 5.04. The van der Waals surface area contributed by atoms with Gasteiger partial charge in [-0.1, -0.05) is 70.5 Å². The molecule has 1 N–H and O–H groups in total. The van der Waals surface area contributed by atoms with Crippen molar-refractivity contribution in [3.63, 3.8) is 0 Å². The Kier molecular flexibility index (Phi) is 4.96. The van der Waals surface area contributed by atoms with Crippen molar-refractivity contribution in [1.29, 1.82) is 0 Å². The largest absolute Gasteiger partial charge is 0.416 e. The minimum absolute atomic E-state index is 0.0665. The molecule has 3 aromatic carbocycles. The van der Waals surface area contributed by atoms with E-state index in [2.05, 4.69) is 21.2 Å². The highest BCUT2D eigenvalue weighted by Gasteiger charge is 2.67. The number of carbonyl (C=O) groups is 3. The first-order chi connectivity index (χ1) is 17.1. The number of amides is 3. The standard InChI is InChI=1S/C27H18BrF3N2O3/c28-26-18-10-3-1-8-16(18)21(17-9-2-4-11-19(17)26)22-23(26)25(36)33(24(22)35)13-20(34)32-15-7-5-6-14(12-15)27(29,30)31/h1-12,21-23H,13H2,(H,32,34)/t21?,22-,23+,26?/m1/s1. The summed E-state index contributed by atoms with van der Waals surface area (Å²) in [6.45, 7) is -0.580. The molecule has 0 unspecified atom stereocenters. The van der Waals surface area contributed by atoms with Gasteiger partial charge in [0.25, 0.3) is 0 Å². The van der Waals surface area contributed by atoms with Gasteiger partial charge >= 0.3 is 6.18 Å². The smallest absolute Gasteiger partial charge is 0.325 e. The normalized spacial score (nSPS) is 25.9. The summed E-state index contributed by atoms with van der Waals surface area (Å²) in [7, 11) is 0. The number of halogens is 4. The number of rotatable bonds is 3. The highest BCUT2D eigenvalue weighted by Crippen LogP contribution is 2.66. The fraction of sp³-hybridized carbons (Fsp3) is 0.222. The molecule has 1 fully saturated rings. The van der Waals surface area contributed by atoms with E-state index in [1.54, 1.807) is 0 Å². The highest BCUT2D eigenvalue weighted by atomic mass is 79.9. The third-order valence-electron chi connectivity index (χ3n) is 7.38. The van der Waals surface area contributed by atoms with Crippen LogP contribution in [0, 0.1) is 11.8 Å². The van der Waals surface area contributed by atoms with E-state index < -0.39 is 52.2 Å². The molecule has 0 saturated carbocycles. The molecule has 0 aromatic heterocycles. The molecule has 1 saturated heterocycles. The molecule has 1 aliphatic heterocycles. The Morgan fingerprint density at radius 3 is 2.14 bits per heavy atom. The van der Waals surface area contributed by atoms with Crippen LogP contribution in [0.25, 0.3) is 0 Å². The first kappa shape index (κ1) is 23.0. The molecule has 9 heteroatoms. The van der Waals surface area contributed by atoms with E-state index in [1.165, 1.54) is 12.1 Å². The van der Waals surface area contributed by atoms with Gasteiger partial charge in [-0.2, -0.15) is 13.2 Å². The minimum atomic E-state index is -4.56. The van der Waals surface area contributed by atoms with Crippen molar-refractivity contribution >= 4 is 39.3 Å². The highest BCUT2D eigenvalue weighted by molar-refractivity contribution is 9.09. The van der Waals surface area contributed by atoms with E-state index >= 15 is 0 Å². The van der Waals surface area contributed by atoms with E-state index in [0.717, 1.165) is 39.3 Å². The lowest BCUT2D eigenvalue weighted by atomic mass is 9.55. The molecule has 0 radical (unpaired) electrons. The Bertz CT molecular complexity index is 1410. The summed E-state index contributed by atoms with van der Waals surface area (Å²) in [5.74, 6) is -3.46. The van der Waals surface area contributed by atoms with E-state index in [1.807, 2.05) is 48.5 Å². The number of hydrogen-bond acceptors (Lipinski definition) is 3. The Morgan fingerprint density at radius 1 is 0.917 bits per heavy atom. The van der Waals surface area contributed by atoms with Crippen molar-refractivity contribution in [3.8, 4) is 0 Å². The number of alkyl halides is 4. The molecule has 36 heavy (non-hydrogen) atoms. The lowest BCUT2D eigenvalue weighted by Gasteiger charge is -2.51. The van der Waals surface area contributed by atoms with E-state index in [4.69, 9.17) is 0 Å². The first-order valence-electron chi connectivity index (χ1n) is 11.3. The number of nitrogens with one attached hydrogen (secondary N) is 1. The van der Waals surface area contributed by atoms with E-state index in [-0.39, 0.29) is 11.6 Å². The maximum absolute atomic E-state index is 13.7. The zero-order valence-electron chi connectivity index (χ0n) is 18.6. The average molecular weight is 555 g/mol. The maximum Gasteiger partial charge on any atom is 0.416 e. The van der Waals surface area contributed by atoms with Crippen molar-refractivity contribution in [2.45, 2.75) is 16.4 Å². The second-order valence-corrected chi connectivity index (χ2v) is 10.5. The molecule has 4 aliphatic rings. The first-order valence-corrected chi connectivity index (χ1v) is 12.1. The lowest BCUT2D eigenvalue weighted by Crippen LogP contribution is -2.50. The second-order valence-electron chi connectivity index (χ2n) is 9.26. The van der Waals surface area contributed by atoms with Gasteiger partial charge in [0.1, 0.15) is 6.54 Å². The number of benzene rings is 3. The SMILES string of the molecule is O=C(CN1C(=O)[C@@H]2C3c4ccccc4C(Br)(c4ccccc43)[C@@H]2C1=O)Nc1cccc(C(F)(F)F)c1. The Balaban J connectivity index is 1.33. The third-order valence-corrected chi connectivity index (χ3v) is 8.73. The quantitative estimate of drug-likeness (QED) is 0.364. The molecule has 3 aliphatic carbocycles. The van der Waals surface area contributed by atoms with Gasteiger partial charge in [-0.15, -0.1) is 0 Å². The average Bonchev–Trinajstić information content (AvgIpc) is 3.10. The van der Waals surface area contributed by atoms with Crippen molar-refractivity contribution in [1.82, 2.24) is 4.90 Å². The summed E-state index contributed by atoms with van der Waals surface area (Å²) in [4.78, 5) is 41.0. The van der Waals surface area contributed by atoms with Crippen LogP contribution < -0.4 is 5.32 Å². The van der Waals surface area contributed by atoms with Crippen molar-refractivity contribution in [2.75, 3.05) is 11.9 Å². The third kappa shape index (κ3) is 3.11. The molecule has 2 bridgehead atoms.